The van der Waals surface area contributed by atoms with E-state index in [0.717, 1.165) is 25.2 Å². The van der Waals surface area contributed by atoms with E-state index in [1.54, 1.807) is 0 Å². The zero-order valence-electron chi connectivity index (χ0n) is 11.1. The summed E-state index contributed by atoms with van der Waals surface area (Å²) < 4.78 is 5.73. The molecule has 0 aromatic heterocycles. The summed E-state index contributed by atoms with van der Waals surface area (Å²) in [5.74, 6) is 1.59. The maximum atomic E-state index is 5.92. The van der Waals surface area contributed by atoms with Gasteiger partial charge in [-0.1, -0.05) is 32.0 Å². The number of nitrogens with two attached hydrogens (primary N) is 1. The smallest absolute Gasteiger partial charge is 0.122 e. The maximum absolute atomic E-state index is 5.92. The molecule has 0 aliphatic carbocycles. The van der Waals surface area contributed by atoms with Crippen molar-refractivity contribution in [3.8, 4) is 5.75 Å². The van der Waals surface area contributed by atoms with E-state index in [9.17, 15) is 0 Å². The number of hydrogen-bond donors (Lipinski definition) is 1. The molecule has 0 fully saturated rings. The number of fused-ring (bicyclic) bond motifs is 1. The van der Waals surface area contributed by atoms with Crippen molar-refractivity contribution < 1.29 is 4.74 Å². The van der Waals surface area contributed by atoms with Crippen molar-refractivity contribution in [1.29, 1.82) is 0 Å². The Morgan fingerprint density at radius 3 is 2.82 bits per heavy atom. The van der Waals surface area contributed by atoms with Crippen LogP contribution in [0.4, 0.5) is 0 Å². The lowest BCUT2D eigenvalue weighted by Gasteiger charge is -2.29. The van der Waals surface area contributed by atoms with Crippen LogP contribution in [0.3, 0.4) is 0 Å². The first-order chi connectivity index (χ1) is 7.98. The lowest BCUT2D eigenvalue weighted by molar-refractivity contribution is 0.236. The van der Waals surface area contributed by atoms with E-state index in [0.29, 0.717) is 5.92 Å². The quantitative estimate of drug-likeness (QED) is 0.866. The highest BCUT2D eigenvalue weighted by molar-refractivity contribution is 5.39. The van der Waals surface area contributed by atoms with Gasteiger partial charge in [0.25, 0.3) is 0 Å². The first-order valence-corrected chi connectivity index (χ1v) is 6.45. The van der Waals surface area contributed by atoms with Crippen LogP contribution in [0.1, 0.15) is 45.1 Å². The second-order valence-corrected chi connectivity index (χ2v) is 6.10. The number of ether oxygens (including phenoxy) is 1. The van der Waals surface area contributed by atoms with Crippen LogP contribution in [-0.2, 0) is 0 Å². The van der Waals surface area contributed by atoms with E-state index in [4.69, 9.17) is 10.5 Å². The second kappa shape index (κ2) is 4.69. The normalized spacial score (nSPS) is 20.8. The third-order valence-corrected chi connectivity index (χ3v) is 3.47. The van der Waals surface area contributed by atoms with Crippen molar-refractivity contribution in [2.45, 2.75) is 45.6 Å². The number of benzene rings is 1. The van der Waals surface area contributed by atoms with Crippen molar-refractivity contribution in [3.05, 3.63) is 29.8 Å². The van der Waals surface area contributed by atoms with Crippen LogP contribution >= 0.6 is 0 Å². The third-order valence-electron chi connectivity index (χ3n) is 3.47. The Hall–Kier alpha value is -1.02. The predicted octanol–water partition coefficient (Wildman–Crippen LogP) is 3.32. The van der Waals surface area contributed by atoms with Crippen molar-refractivity contribution in [3.63, 3.8) is 0 Å². The van der Waals surface area contributed by atoms with E-state index in [-0.39, 0.29) is 11.5 Å². The monoisotopic (exact) mass is 233 g/mol. The molecule has 0 amide bonds. The molecule has 1 aliphatic heterocycles. The molecular weight excluding hydrogens is 210 g/mol. The molecule has 2 nitrogen and oxygen atoms in total. The lowest BCUT2D eigenvalue weighted by Crippen LogP contribution is -2.26. The second-order valence-electron chi connectivity index (χ2n) is 6.10. The SMILES string of the molecule is CC(N)CC(C)(C)CC1COc2ccccc21. The summed E-state index contributed by atoms with van der Waals surface area (Å²) in [6, 6.07) is 8.65. The number of hydrogen-bond acceptors (Lipinski definition) is 2. The third kappa shape index (κ3) is 3.01. The van der Waals surface area contributed by atoms with E-state index in [2.05, 4.69) is 39.0 Å². The summed E-state index contributed by atoms with van der Waals surface area (Å²) in [7, 11) is 0. The molecule has 2 rings (SSSR count). The van der Waals surface area contributed by atoms with Crippen molar-refractivity contribution in [2.24, 2.45) is 11.1 Å². The van der Waals surface area contributed by atoms with Gasteiger partial charge in [-0.05, 0) is 31.2 Å². The van der Waals surface area contributed by atoms with Crippen LogP contribution in [-0.4, -0.2) is 12.6 Å². The van der Waals surface area contributed by atoms with Crippen molar-refractivity contribution >= 4 is 0 Å². The highest BCUT2D eigenvalue weighted by atomic mass is 16.5. The van der Waals surface area contributed by atoms with Crippen LogP contribution in [0.25, 0.3) is 0 Å². The number of rotatable bonds is 4. The van der Waals surface area contributed by atoms with Crippen LogP contribution in [0.2, 0.25) is 0 Å². The van der Waals surface area contributed by atoms with Crippen LogP contribution < -0.4 is 10.5 Å². The molecule has 0 saturated heterocycles. The Kier molecular flexibility index (Phi) is 3.43. The summed E-state index contributed by atoms with van der Waals surface area (Å²) in [6.07, 6.45) is 2.21. The molecule has 94 valence electrons. The Bertz CT molecular complexity index is 384. The van der Waals surface area contributed by atoms with Gasteiger partial charge in [-0.3, -0.25) is 0 Å². The predicted molar refractivity (Wildman–Crippen MR) is 71.3 cm³/mol. The fourth-order valence-electron chi connectivity index (χ4n) is 3.02. The maximum Gasteiger partial charge on any atom is 0.122 e. The van der Waals surface area contributed by atoms with Gasteiger partial charge < -0.3 is 10.5 Å². The average Bonchev–Trinajstić information content (AvgIpc) is 2.59. The van der Waals surface area contributed by atoms with E-state index >= 15 is 0 Å². The largest absolute Gasteiger partial charge is 0.493 e. The van der Waals surface area contributed by atoms with Gasteiger partial charge in [0.15, 0.2) is 0 Å². The summed E-state index contributed by atoms with van der Waals surface area (Å²) in [5, 5.41) is 0. The minimum atomic E-state index is 0.266. The van der Waals surface area contributed by atoms with E-state index < -0.39 is 0 Å². The average molecular weight is 233 g/mol. The highest BCUT2D eigenvalue weighted by Crippen LogP contribution is 2.41. The van der Waals surface area contributed by atoms with Gasteiger partial charge in [-0.2, -0.15) is 0 Å². The van der Waals surface area contributed by atoms with Gasteiger partial charge in [0, 0.05) is 17.5 Å². The molecule has 1 aliphatic rings. The van der Waals surface area contributed by atoms with Gasteiger partial charge in [0.1, 0.15) is 5.75 Å². The fourth-order valence-corrected chi connectivity index (χ4v) is 3.02. The Labute approximate surface area is 104 Å². The topological polar surface area (TPSA) is 35.2 Å². The zero-order chi connectivity index (χ0) is 12.5. The molecule has 0 radical (unpaired) electrons. The molecular formula is C15H23NO. The summed E-state index contributed by atoms with van der Waals surface area (Å²) in [6.45, 7) is 7.51. The zero-order valence-corrected chi connectivity index (χ0v) is 11.1. The highest BCUT2D eigenvalue weighted by Gasteiger charge is 2.30. The molecule has 1 aromatic rings. The fraction of sp³-hybridized carbons (Fsp3) is 0.600. The molecule has 0 bridgehead atoms. The minimum Gasteiger partial charge on any atom is -0.493 e. The van der Waals surface area contributed by atoms with Gasteiger partial charge in [-0.25, -0.2) is 0 Å². The van der Waals surface area contributed by atoms with Crippen molar-refractivity contribution in [2.75, 3.05) is 6.61 Å². The molecule has 0 saturated carbocycles. The Morgan fingerprint density at radius 1 is 1.41 bits per heavy atom. The standard InChI is InChI=1S/C15H23NO/c1-11(16)8-15(2,3)9-12-10-17-14-7-5-4-6-13(12)14/h4-7,11-12H,8-10,16H2,1-3H3. The molecule has 2 N–H and O–H groups in total. The van der Waals surface area contributed by atoms with Crippen LogP contribution in [0, 0.1) is 5.41 Å². The van der Waals surface area contributed by atoms with Gasteiger partial charge >= 0.3 is 0 Å². The summed E-state index contributed by atoms with van der Waals surface area (Å²) in [4.78, 5) is 0. The van der Waals surface area contributed by atoms with E-state index in [1.807, 2.05) is 6.07 Å². The first kappa shape index (κ1) is 12.4. The first-order valence-electron chi connectivity index (χ1n) is 6.45. The molecule has 1 heterocycles. The Balaban J connectivity index is 2.06. The summed E-state index contributed by atoms with van der Waals surface area (Å²) in [5.41, 5.74) is 7.56. The molecule has 1 aromatic carbocycles. The summed E-state index contributed by atoms with van der Waals surface area (Å²) >= 11 is 0. The van der Waals surface area contributed by atoms with Gasteiger partial charge in [0.2, 0.25) is 0 Å². The Morgan fingerprint density at radius 2 is 2.12 bits per heavy atom. The van der Waals surface area contributed by atoms with Crippen LogP contribution in [0.15, 0.2) is 24.3 Å². The lowest BCUT2D eigenvalue weighted by atomic mass is 9.77. The molecule has 0 spiro atoms. The number of para-hydroxylation sites is 1. The van der Waals surface area contributed by atoms with Crippen molar-refractivity contribution in [1.82, 2.24) is 0 Å². The van der Waals surface area contributed by atoms with Crippen LogP contribution in [0.5, 0.6) is 5.75 Å². The molecule has 2 atom stereocenters. The van der Waals surface area contributed by atoms with E-state index in [1.165, 1.54) is 5.56 Å². The van der Waals surface area contributed by atoms with Gasteiger partial charge in [0.05, 0.1) is 6.61 Å². The molecule has 2 heteroatoms. The molecule has 17 heavy (non-hydrogen) atoms. The minimum absolute atomic E-state index is 0.266. The van der Waals surface area contributed by atoms with Gasteiger partial charge in [-0.15, -0.1) is 0 Å². The molecule has 2 unspecified atom stereocenters.